The highest BCUT2D eigenvalue weighted by atomic mass is 35.5. The minimum Gasteiger partial charge on any atom is -0.494 e. The summed E-state index contributed by atoms with van der Waals surface area (Å²) in [6, 6.07) is 33.0. The van der Waals surface area contributed by atoms with E-state index in [0.717, 1.165) is 123 Å². The summed E-state index contributed by atoms with van der Waals surface area (Å²) in [5.74, 6) is -2.64. The Morgan fingerprint density at radius 2 is 0.617 bits per heavy atom. The molecule has 0 fully saturated rings. The third kappa shape index (κ3) is 23.7. The zero-order valence-electron chi connectivity index (χ0n) is 76.3. The lowest BCUT2D eigenvalue weighted by Gasteiger charge is -2.21. The van der Waals surface area contributed by atoms with Crippen LogP contribution in [0.1, 0.15) is 190 Å². The smallest absolute Gasteiger partial charge is 0.459 e. The van der Waals surface area contributed by atoms with Crippen molar-refractivity contribution < 1.29 is 73.2 Å². The molecule has 0 aliphatic carbocycles. The maximum absolute atomic E-state index is 14.5. The second kappa shape index (κ2) is 45.2. The Morgan fingerprint density at radius 1 is 0.352 bits per heavy atom. The topological polar surface area (TPSA) is 239 Å². The molecule has 12 aromatic rings. The fraction of sp³-hybridized carbons (Fsp3) is 0.453. The Hall–Kier alpha value is -11.8. The molecular weight excluding hydrogens is 1680 g/mol. The summed E-state index contributed by atoms with van der Waals surface area (Å²) in [6.07, 6.45) is -4.78. The molecule has 8 heterocycles. The molecule has 4 amide bonds. The van der Waals surface area contributed by atoms with Gasteiger partial charge in [-0.25, -0.2) is 38.0 Å². The number of rotatable bonds is 35. The average Bonchev–Trinajstić information content (AvgIpc) is 1.61. The Kier molecular flexibility index (Phi) is 35.3. The molecule has 0 N–H and O–H groups in total. The van der Waals surface area contributed by atoms with Gasteiger partial charge in [0.1, 0.15) is 34.4 Å². The number of amides is 4. The van der Waals surface area contributed by atoms with E-state index in [1.807, 2.05) is 139 Å². The number of halogens is 9. The average molecular weight is 1800 g/mol. The van der Waals surface area contributed by atoms with E-state index in [2.05, 4.69) is 52.0 Å². The van der Waals surface area contributed by atoms with E-state index in [1.54, 1.807) is 71.8 Å². The van der Waals surface area contributed by atoms with Crippen molar-refractivity contribution in [2.24, 2.45) is 0 Å². The minimum absolute atomic E-state index is 0.0409. The van der Waals surface area contributed by atoms with E-state index in [4.69, 9.17) is 45.7 Å². The van der Waals surface area contributed by atoms with Crippen molar-refractivity contribution in [2.45, 2.75) is 207 Å². The molecule has 0 saturated heterocycles. The predicted molar refractivity (Wildman–Crippen MR) is 481 cm³/mol. The number of aromatic nitrogens is 12. The number of hydrogen-bond acceptors (Lipinski definition) is 16. The number of nitrogens with zero attached hydrogens (tertiary/aromatic N) is 16. The molecule has 0 spiro atoms. The molecule has 0 aliphatic heterocycles. The molecule has 8 aromatic heterocycles. The van der Waals surface area contributed by atoms with E-state index in [9.17, 15) is 54.3 Å². The molecule has 0 bridgehead atoms. The molecular formula is C95H117ClF8N16O8. The number of hydrogen-bond donors (Lipinski definition) is 0. The maximum atomic E-state index is 14.5. The fourth-order valence-corrected chi connectivity index (χ4v) is 14.8. The minimum atomic E-state index is -5.84. The molecule has 4 aromatic carbocycles. The summed E-state index contributed by atoms with van der Waals surface area (Å²) >= 11 is 6.42. The van der Waals surface area contributed by atoms with Crippen molar-refractivity contribution in [2.75, 3.05) is 78.8 Å². The molecule has 0 radical (unpaired) electrons. The van der Waals surface area contributed by atoms with Gasteiger partial charge in [0.15, 0.2) is 22.6 Å². The normalized spacial score (nSPS) is 11.6. The third-order valence-corrected chi connectivity index (χ3v) is 21.9. The number of ether oxygens (including phenoxy) is 4. The molecule has 24 nitrogen and oxygen atoms in total. The number of benzene rings is 4. The SMILES string of the molecule is CCCOc1ccc(-c2nn3c(C(F)(F)C(F)(F)F)cc(C)nc3c2CC(=O)N(CC)CC)cc1.CCCOc1ccc(-c2nn3c(C(F)(F)F)cc(C)nc3c2CC(=O)N(CC)CC)cc1.CCCOc1ccc(-c2nn3c(C)c(Cl)c(C)nc3c2CC(=O)N(CC)CC)cc1.CCCOc1ccc(-c2nn3c(CCC)cc(C)nc3c2CC(=O)N(CC)CC)cc1. The summed E-state index contributed by atoms with van der Waals surface area (Å²) in [4.78, 5) is 76.6. The first-order valence-electron chi connectivity index (χ1n) is 43.8. The van der Waals surface area contributed by atoms with E-state index >= 15 is 0 Å². The van der Waals surface area contributed by atoms with Crippen LogP contribution in [0.25, 0.3) is 67.6 Å². The van der Waals surface area contributed by atoms with Crippen LogP contribution < -0.4 is 18.9 Å². The standard InChI is InChI=1S/C25H34N4O2.C24H27F5N4O2.C23H29ClN4O2.C23H27F3N4O2/c1-6-10-20-16-18(5)26-25-22(17-23(30)28(8-3)9-4)24(27-29(20)25)19-11-13-21(14-12-19)31-15-7-2;1-5-12-35-17-10-8-16(9-11-17)21-18(14-20(34)32(6-2)7-3)22-30-15(4)13-19(33(22)31-21)23(25,26)24(27,28)29;1-6-13-30-18-11-9-17(10-12-18)22-19(14-20(29)27(7-2)8-3)23-25-15(4)21(24)16(5)28(23)26-22;1-5-12-32-17-10-8-16(9-11-17)21-18(14-20(31)29(6-2)7-3)22-27-15(4)13-19(23(24,25)26)30(22)28-21/h11-14,16H,6-10,15,17H2,1-5H3;8-11,13H,5-7,12,14H2,1-4H3;9-12H,6-8,13-14H2,1-5H3;8-11,13H,5-7,12,14H2,1-4H3. The summed E-state index contributed by atoms with van der Waals surface area (Å²) in [7, 11) is 0. The van der Waals surface area contributed by atoms with Crippen LogP contribution in [0.2, 0.25) is 5.02 Å². The van der Waals surface area contributed by atoms with E-state index < -0.39 is 29.7 Å². The van der Waals surface area contributed by atoms with Gasteiger partial charge >= 0.3 is 18.3 Å². The molecule has 12 rings (SSSR count). The third-order valence-electron chi connectivity index (χ3n) is 21.3. The van der Waals surface area contributed by atoms with Gasteiger partial charge in [-0.3, -0.25) is 19.2 Å². The summed E-state index contributed by atoms with van der Waals surface area (Å²) < 4.78 is 138. The number of aryl methyl sites for hydroxylation is 6. The highest BCUT2D eigenvalue weighted by Crippen LogP contribution is 2.45. The first kappa shape index (κ1) is 99.9. The van der Waals surface area contributed by atoms with E-state index in [0.29, 0.717) is 134 Å². The number of alkyl halides is 8. The molecule has 0 saturated carbocycles. The van der Waals surface area contributed by atoms with Gasteiger partial charge in [-0.15, -0.1) is 0 Å². The zero-order valence-corrected chi connectivity index (χ0v) is 77.1. The monoisotopic (exact) mass is 1800 g/mol. The second-order valence-electron chi connectivity index (χ2n) is 30.6. The highest BCUT2D eigenvalue weighted by Gasteiger charge is 2.61. The van der Waals surface area contributed by atoms with Crippen LogP contribution in [0.5, 0.6) is 23.0 Å². The Morgan fingerprint density at radius 3 is 0.898 bits per heavy atom. The van der Waals surface area contributed by atoms with Crippen LogP contribution >= 0.6 is 11.6 Å². The number of carbonyl (C=O) groups excluding carboxylic acids is 4. The lowest BCUT2D eigenvalue weighted by Crippen LogP contribution is -2.36. The largest absolute Gasteiger partial charge is 0.494 e. The van der Waals surface area contributed by atoms with Crippen LogP contribution in [0.3, 0.4) is 0 Å². The van der Waals surface area contributed by atoms with Gasteiger partial charge in [-0.2, -0.15) is 55.5 Å². The first-order valence-corrected chi connectivity index (χ1v) is 44.2. The van der Waals surface area contributed by atoms with Crippen molar-refractivity contribution in [1.82, 2.24) is 78.0 Å². The summed E-state index contributed by atoms with van der Waals surface area (Å²) in [5.41, 5.74) is 9.88. The van der Waals surface area contributed by atoms with Crippen molar-refractivity contribution in [3.05, 3.63) is 188 Å². The molecule has 0 atom stereocenters. The van der Waals surface area contributed by atoms with E-state index in [-0.39, 0.29) is 83.3 Å². The molecule has 688 valence electrons. The van der Waals surface area contributed by atoms with Crippen LogP contribution in [0, 0.1) is 34.6 Å². The van der Waals surface area contributed by atoms with Crippen molar-refractivity contribution in [3.63, 3.8) is 0 Å². The van der Waals surface area contributed by atoms with Gasteiger partial charge in [0.25, 0.3) is 0 Å². The molecule has 128 heavy (non-hydrogen) atoms. The summed E-state index contributed by atoms with van der Waals surface area (Å²) in [6.45, 7) is 41.2. The van der Waals surface area contributed by atoms with Gasteiger partial charge in [0, 0.05) is 120 Å². The van der Waals surface area contributed by atoms with Gasteiger partial charge in [-0.1, -0.05) is 52.6 Å². The lowest BCUT2D eigenvalue weighted by atomic mass is 10.0. The fourth-order valence-electron chi connectivity index (χ4n) is 14.6. The second-order valence-corrected chi connectivity index (χ2v) is 31.0. The van der Waals surface area contributed by atoms with Crippen molar-refractivity contribution in [1.29, 1.82) is 0 Å². The predicted octanol–water partition coefficient (Wildman–Crippen LogP) is 20.2. The Bertz CT molecular complexity index is 5740. The quantitative estimate of drug-likeness (QED) is 0.0336. The number of carbonyl (C=O) groups is 4. The van der Waals surface area contributed by atoms with Gasteiger partial charge in [-0.05, 0) is 237 Å². The molecule has 0 unspecified atom stereocenters. The van der Waals surface area contributed by atoms with E-state index in [1.165, 1.54) is 18.7 Å². The summed E-state index contributed by atoms with van der Waals surface area (Å²) in [5, 5.41) is 18.7. The van der Waals surface area contributed by atoms with Crippen LogP contribution in [0.4, 0.5) is 35.1 Å². The van der Waals surface area contributed by atoms with Gasteiger partial charge in [0.2, 0.25) is 23.6 Å². The van der Waals surface area contributed by atoms with Gasteiger partial charge < -0.3 is 38.5 Å². The lowest BCUT2D eigenvalue weighted by molar-refractivity contribution is -0.291. The van der Waals surface area contributed by atoms with Crippen molar-refractivity contribution in [3.8, 4) is 68.0 Å². The van der Waals surface area contributed by atoms with Crippen LogP contribution in [-0.4, -0.2) is 187 Å². The zero-order chi connectivity index (χ0) is 93.6. The van der Waals surface area contributed by atoms with Crippen molar-refractivity contribution >= 4 is 57.8 Å². The molecule has 0 aliphatic rings. The van der Waals surface area contributed by atoms with Crippen LogP contribution in [0.15, 0.2) is 115 Å². The Labute approximate surface area is 747 Å². The molecule has 33 heteroatoms. The highest BCUT2D eigenvalue weighted by molar-refractivity contribution is 6.31. The maximum Gasteiger partial charge on any atom is 0.459 e. The van der Waals surface area contributed by atoms with Gasteiger partial charge in [0.05, 0.1) is 91.3 Å². The number of fused-ring (bicyclic) bond motifs is 4. The number of likely N-dealkylation sites (N-methyl/N-ethyl adjacent to an activating group) is 4. The van der Waals surface area contributed by atoms with Crippen LogP contribution in [-0.2, 0) is 63.4 Å². The Balaban J connectivity index is 0.000000193. The first-order chi connectivity index (χ1) is 61.0.